The smallest absolute Gasteiger partial charge is 0.0488 e. The third-order valence-corrected chi connectivity index (χ3v) is 3.50. The zero-order valence-corrected chi connectivity index (χ0v) is 10.3. The van der Waals surface area contributed by atoms with Crippen LogP contribution in [0.5, 0.6) is 0 Å². The van der Waals surface area contributed by atoms with Crippen LogP contribution in [0.1, 0.15) is 47.0 Å². The maximum atomic E-state index is 2.43. The number of nitrogens with zero attached hydrogens (tertiary/aromatic N) is 2. The highest BCUT2D eigenvalue weighted by Crippen LogP contribution is 2.27. The van der Waals surface area contributed by atoms with E-state index in [0.29, 0.717) is 6.04 Å². The standard InChI is InChI=1S/C12H24N2/c1-6-7-8-9-14-12(4)10(2)11(3)13(14)5/h11H,6-9H2,1-5H3. The summed E-state index contributed by atoms with van der Waals surface area (Å²) in [6.45, 7) is 10.2. The van der Waals surface area contributed by atoms with E-state index in [0.717, 1.165) is 0 Å². The quantitative estimate of drug-likeness (QED) is 0.638. The SMILES string of the molecule is CCCCCN1C(C)=C(C)C(C)N1C. The van der Waals surface area contributed by atoms with Crippen molar-refractivity contribution in [1.29, 1.82) is 0 Å². The molecule has 0 aromatic rings. The Hall–Kier alpha value is -0.500. The highest BCUT2D eigenvalue weighted by atomic mass is 15.6. The molecule has 0 saturated heterocycles. The van der Waals surface area contributed by atoms with Gasteiger partial charge in [0.15, 0.2) is 0 Å². The predicted octanol–water partition coefficient (Wildman–Crippen LogP) is 3.02. The fraction of sp³-hybridized carbons (Fsp3) is 0.833. The molecule has 0 aromatic carbocycles. The van der Waals surface area contributed by atoms with Crippen molar-refractivity contribution in [1.82, 2.24) is 10.0 Å². The van der Waals surface area contributed by atoms with Gasteiger partial charge in [-0.3, -0.25) is 0 Å². The monoisotopic (exact) mass is 196 g/mol. The fourth-order valence-electron chi connectivity index (χ4n) is 2.07. The van der Waals surface area contributed by atoms with Crippen molar-refractivity contribution in [2.24, 2.45) is 0 Å². The molecule has 0 spiro atoms. The van der Waals surface area contributed by atoms with Gasteiger partial charge >= 0.3 is 0 Å². The number of likely N-dealkylation sites (N-methyl/N-ethyl adjacent to an activating group) is 1. The first-order chi connectivity index (χ1) is 6.59. The average Bonchev–Trinajstić information content (AvgIpc) is 2.35. The van der Waals surface area contributed by atoms with Crippen LogP contribution in [0, 0.1) is 0 Å². The summed E-state index contributed by atoms with van der Waals surface area (Å²) in [5.41, 5.74) is 2.97. The van der Waals surface area contributed by atoms with Gasteiger partial charge in [-0.25, -0.2) is 5.01 Å². The maximum absolute atomic E-state index is 2.43. The van der Waals surface area contributed by atoms with Gasteiger partial charge in [-0.15, -0.1) is 0 Å². The molecule has 0 aromatic heterocycles. The van der Waals surface area contributed by atoms with Crippen LogP contribution in [0.25, 0.3) is 0 Å². The van der Waals surface area contributed by atoms with E-state index < -0.39 is 0 Å². The summed E-state index contributed by atoms with van der Waals surface area (Å²) in [7, 11) is 2.19. The topological polar surface area (TPSA) is 6.48 Å². The van der Waals surface area contributed by atoms with Gasteiger partial charge in [0.05, 0.1) is 0 Å². The van der Waals surface area contributed by atoms with Gasteiger partial charge < -0.3 is 5.01 Å². The molecule has 0 N–H and O–H groups in total. The number of hydrogen-bond donors (Lipinski definition) is 0. The molecule has 0 amide bonds. The number of hydrazine groups is 1. The second-order valence-electron chi connectivity index (χ2n) is 4.35. The molecule has 0 bridgehead atoms. The van der Waals surface area contributed by atoms with Crippen molar-refractivity contribution < 1.29 is 0 Å². The summed E-state index contributed by atoms with van der Waals surface area (Å²) in [6.07, 6.45) is 3.94. The summed E-state index contributed by atoms with van der Waals surface area (Å²) < 4.78 is 0. The van der Waals surface area contributed by atoms with Gasteiger partial charge in [0.1, 0.15) is 0 Å². The van der Waals surface area contributed by atoms with E-state index in [-0.39, 0.29) is 0 Å². The van der Waals surface area contributed by atoms with Gasteiger partial charge in [0, 0.05) is 25.3 Å². The minimum absolute atomic E-state index is 0.580. The van der Waals surface area contributed by atoms with Crippen LogP contribution >= 0.6 is 0 Å². The Labute approximate surface area is 88.5 Å². The molecule has 1 aliphatic heterocycles. The van der Waals surface area contributed by atoms with E-state index in [9.17, 15) is 0 Å². The Kier molecular flexibility index (Phi) is 3.99. The third kappa shape index (κ3) is 2.11. The second-order valence-corrected chi connectivity index (χ2v) is 4.35. The summed E-state index contributed by atoms with van der Waals surface area (Å²) in [6, 6.07) is 0.580. The minimum Gasteiger partial charge on any atom is -0.310 e. The van der Waals surface area contributed by atoms with E-state index in [4.69, 9.17) is 0 Å². The molecule has 1 aliphatic rings. The van der Waals surface area contributed by atoms with E-state index >= 15 is 0 Å². The summed E-state index contributed by atoms with van der Waals surface area (Å²) in [4.78, 5) is 0. The molecule has 0 radical (unpaired) electrons. The second kappa shape index (κ2) is 4.83. The Morgan fingerprint density at radius 2 is 1.86 bits per heavy atom. The zero-order valence-electron chi connectivity index (χ0n) is 10.3. The Morgan fingerprint density at radius 1 is 1.21 bits per heavy atom. The van der Waals surface area contributed by atoms with Crippen molar-refractivity contribution in [3.63, 3.8) is 0 Å². The zero-order chi connectivity index (χ0) is 10.7. The Balaban J connectivity index is 2.53. The molecule has 1 unspecified atom stereocenters. The van der Waals surface area contributed by atoms with Crippen molar-refractivity contribution in [2.45, 2.75) is 53.0 Å². The number of hydrogen-bond acceptors (Lipinski definition) is 2. The molecule has 0 saturated carbocycles. The number of allylic oxidation sites excluding steroid dienone is 1. The van der Waals surface area contributed by atoms with Gasteiger partial charge in [0.2, 0.25) is 0 Å². The van der Waals surface area contributed by atoms with Crippen LogP contribution in [-0.4, -0.2) is 29.7 Å². The van der Waals surface area contributed by atoms with Crippen LogP contribution in [0.15, 0.2) is 11.3 Å². The molecule has 14 heavy (non-hydrogen) atoms. The molecular weight excluding hydrogens is 172 g/mol. The lowest BCUT2D eigenvalue weighted by Crippen LogP contribution is -2.38. The van der Waals surface area contributed by atoms with E-state index in [1.54, 1.807) is 0 Å². The predicted molar refractivity (Wildman–Crippen MR) is 61.8 cm³/mol. The minimum atomic E-state index is 0.580. The van der Waals surface area contributed by atoms with E-state index in [1.807, 2.05) is 0 Å². The lowest BCUT2D eigenvalue weighted by Gasteiger charge is -2.30. The fourth-order valence-corrected chi connectivity index (χ4v) is 2.07. The first-order valence-electron chi connectivity index (χ1n) is 5.77. The highest BCUT2D eigenvalue weighted by Gasteiger charge is 2.27. The molecular formula is C12H24N2. The molecule has 1 heterocycles. The largest absolute Gasteiger partial charge is 0.310 e. The van der Waals surface area contributed by atoms with Crippen molar-refractivity contribution in [3.05, 3.63) is 11.3 Å². The van der Waals surface area contributed by atoms with Gasteiger partial charge in [-0.2, -0.15) is 0 Å². The molecule has 2 nitrogen and oxygen atoms in total. The van der Waals surface area contributed by atoms with Crippen molar-refractivity contribution >= 4 is 0 Å². The van der Waals surface area contributed by atoms with Crippen LogP contribution in [0.3, 0.4) is 0 Å². The van der Waals surface area contributed by atoms with Crippen LogP contribution < -0.4 is 0 Å². The Bertz CT molecular complexity index is 220. The lowest BCUT2D eigenvalue weighted by atomic mass is 10.1. The molecule has 1 atom stereocenters. The third-order valence-electron chi connectivity index (χ3n) is 3.50. The summed E-state index contributed by atoms with van der Waals surface area (Å²) in [5.74, 6) is 0. The van der Waals surface area contributed by atoms with Gasteiger partial charge in [0.25, 0.3) is 0 Å². The summed E-state index contributed by atoms with van der Waals surface area (Å²) >= 11 is 0. The first-order valence-corrected chi connectivity index (χ1v) is 5.77. The van der Waals surface area contributed by atoms with Gasteiger partial charge in [-0.05, 0) is 32.8 Å². The highest BCUT2D eigenvalue weighted by molar-refractivity contribution is 5.19. The normalized spacial score (nSPS) is 23.8. The molecule has 82 valence electrons. The number of unbranched alkanes of at least 4 members (excludes halogenated alkanes) is 2. The molecule has 2 heteroatoms. The van der Waals surface area contributed by atoms with Gasteiger partial charge in [-0.1, -0.05) is 19.8 Å². The van der Waals surface area contributed by atoms with Crippen LogP contribution in [0.4, 0.5) is 0 Å². The van der Waals surface area contributed by atoms with E-state index in [2.05, 4.69) is 44.8 Å². The molecule has 1 rings (SSSR count). The Morgan fingerprint density at radius 3 is 2.29 bits per heavy atom. The first kappa shape index (κ1) is 11.6. The average molecular weight is 196 g/mol. The summed E-state index contributed by atoms with van der Waals surface area (Å²) in [5, 5.41) is 4.79. The van der Waals surface area contributed by atoms with Crippen LogP contribution in [-0.2, 0) is 0 Å². The maximum Gasteiger partial charge on any atom is 0.0488 e. The van der Waals surface area contributed by atoms with E-state index in [1.165, 1.54) is 37.1 Å². The molecule has 0 fully saturated rings. The number of rotatable bonds is 4. The van der Waals surface area contributed by atoms with Crippen LogP contribution in [0.2, 0.25) is 0 Å². The molecule has 0 aliphatic carbocycles. The van der Waals surface area contributed by atoms with Crippen molar-refractivity contribution in [3.8, 4) is 0 Å². The lowest BCUT2D eigenvalue weighted by molar-refractivity contribution is 0.0384. The van der Waals surface area contributed by atoms with Crippen molar-refractivity contribution in [2.75, 3.05) is 13.6 Å².